The number of nitrogens with zero attached hydrogens (tertiary/aromatic N) is 2. The quantitative estimate of drug-likeness (QED) is 0.346. The third-order valence-corrected chi connectivity index (χ3v) is 4.02. The molecule has 2 aromatic rings. The van der Waals surface area contributed by atoms with Crippen LogP contribution in [0.5, 0.6) is 11.5 Å². The van der Waals surface area contributed by atoms with E-state index in [4.69, 9.17) is 21.6 Å². The number of amidine groups is 1. The number of carbonyl (C=O) groups excluding carboxylic acids is 1. The fourth-order valence-electron chi connectivity index (χ4n) is 2.14. The normalized spacial score (nSPS) is 12.9. The maximum absolute atomic E-state index is 12.5. The Morgan fingerprint density at radius 1 is 1.33 bits per heavy atom. The summed E-state index contributed by atoms with van der Waals surface area (Å²) in [6, 6.07) is 10.00. The molecule has 0 saturated carbocycles. The molecule has 8 heteroatoms. The number of halogens is 1. The number of ether oxygens (including phenoxy) is 1. The molecule has 1 amide bonds. The molecule has 0 radical (unpaired) electrons. The number of hydrogen-bond acceptors (Lipinski definition) is 5. The number of fused-ring (bicyclic) bond motifs is 2. The smallest absolute Gasteiger partial charge is 0.259 e. The predicted octanol–water partition coefficient (Wildman–Crippen LogP) is 4.12. The van der Waals surface area contributed by atoms with Gasteiger partial charge in [0.1, 0.15) is 5.75 Å². The molecule has 0 aromatic heterocycles. The molecule has 3 rings (SSSR count). The Morgan fingerprint density at radius 3 is 2.88 bits per heavy atom. The van der Waals surface area contributed by atoms with Crippen LogP contribution >= 0.6 is 23.4 Å². The lowest BCUT2D eigenvalue weighted by Crippen LogP contribution is -2.13. The Bertz CT molecular complexity index is 892. The first-order valence-corrected chi connectivity index (χ1v) is 8.41. The first kappa shape index (κ1) is 16.2. The molecule has 120 valence electrons. The molecular weight excluding hydrogens is 348 g/mol. The highest BCUT2D eigenvalue weighted by molar-refractivity contribution is 8.13. The van der Waals surface area contributed by atoms with Crippen molar-refractivity contribution in [1.29, 1.82) is 5.26 Å². The van der Waals surface area contributed by atoms with Crippen molar-refractivity contribution in [3.63, 3.8) is 0 Å². The Hall–Kier alpha value is -2.69. The lowest BCUT2D eigenvalue weighted by molar-refractivity contribution is 0.102. The highest BCUT2D eigenvalue weighted by Gasteiger charge is 2.21. The van der Waals surface area contributed by atoms with Gasteiger partial charge in [-0.25, -0.2) is 4.99 Å². The van der Waals surface area contributed by atoms with E-state index in [0.717, 1.165) is 0 Å². The summed E-state index contributed by atoms with van der Waals surface area (Å²) < 4.78 is 5.80. The van der Waals surface area contributed by atoms with Gasteiger partial charge < -0.3 is 10.1 Å². The Kier molecular flexibility index (Phi) is 4.60. The second kappa shape index (κ2) is 6.83. The minimum Gasteiger partial charge on any atom is -0.454 e. The number of rotatable bonds is 1. The molecule has 1 heterocycles. The highest BCUT2D eigenvalue weighted by atomic mass is 35.5. The van der Waals surface area contributed by atoms with E-state index in [2.05, 4.69) is 15.6 Å². The molecule has 1 aliphatic heterocycles. The van der Waals surface area contributed by atoms with Crippen molar-refractivity contribution in [3.8, 4) is 17.7 Å². The van der Waals surface area contributed by atoms with E-state index in [1.54, 1.807) is 42.7 Å². The van der Waals surface area contributed by atoms with E-state index < -0.39 is 0 Å². The highest BCUT2D eigenvalue weighted by Crippen LogP contribution is 2.38. The summed E-state index contributed by atoms with van der Waals surface area (Å²) in [5, 5.41) is 14.9. The van der Waals surface area contributed by atoms with Crippen LogP contribution in [0.3, 0.4) is 0 Å². The van der Waals surface area contributed by atoms with Crippen molar-refractivity contribution in [2.45, 2.75) is 0 Å². The summed E-state index contributed by atoms with van der Waals surface area (Å²) in [7, 11) is 0. The van der Waals surface area contributed by atoms with Crippen LogP contribution in [0.15, 0.2) is 41.4 Å². The predicted molar refractivity (Wildman–Crippen MR) is 95.3 cm³/mol. The summed E-state index contributed by atoms with van der Waals surface area (Å²) in [4.78, 5) is 16.7. The molecule has 2 aromatic carbocycles. The summed E-state index contributed by atoms with van der Waals surface area (Å²) in [6.07, 6.45) is 3.61. The third kappa shape index (κ3) is 3.30. The van der Waals surface area contributed by atoms with Crippen LogP contribution in [-0.2, 0) is 0 Å². The lowest BCUT2D eigenvalue weighted by Gasteiger charge is -2.08. The van der Waals surface area contributed by atoms with Crippen LogP contribution in [0.2, 0.25) is 5.02 Å². The Balaban J connectivity index is 2.00. The molecule has 24 heavy (non-hydrogen) atoms. The maximum Gasteiger partial charge on any atom is 0.259 e. The van der Waals surface area contributed by atoms with Gasteiger partial charge in [-0.1, -0.05) is 23.4 Å². The first-order valence-electron chi connectivity index (χ1n) is 6.81. The average Bonchev–Trinajstić information content (AvgIpc) is 2.70. The van der Waals surface area contributed by atoms with Crippen molar-refractivity contribution >= 4 is 45.8 Å². The van der Waals surface area contributed by atoms with Crippen molar-refractivity contribution in [3.05, 3.63) is 47.0 Å². The molecule has 0 saturated heterocycles. The average molecular weight is 359 g/mol. The van der Waals surface area contributed by atoms with Gasteiger partial charge in [0.05, 0.1) is 16.9 Å². The number of carbonyl (C=O) groups is 1. The van der Waals surface area contributed by atoms with Gasteiger partial charge in [-0.2, -0.15) is 5.26 Å². The van der Waals surface area contributed by atoms with E-state index in [1.165, 1.54) is 11.8 Å². The number of anilines is 1. The van der Waals surface area contributed by atoms with E-state index in [9.17, 15) is 4.79 Å². The van der Waals surface area contributed by atoms with E-state index in [-0.39, 0.29) is 5.91 Å². The van der Waals surface area contributed by atoms with Crippen LogP contribution in [0, 0.1) is 11.5 Å². The van der Waals surface area contributed by atoms with Gasteiger partial charge in [-0.15, -0.1) is 0 Å². The fourth-order valence-corrected chi connectivity index (χ4v) is 2.66. The fraction of sp³-hybridized carbons (Fsp3) is 0.0625. The molecule has 0 bridgehead atoms. The second-order valence-corrected chi connectivity index (χ2v) is 5.97. The molecule has 0 aliphatic carbocycles. The standard InChI is InChI=1S/C16H11ClN4O2S/c1-24-16(19-8-18)20-10-3-5-13-11(7-10)15(22)21-12-6-9(17)2-4-14(12)23-13/h2-7H,1H3,(H,19,20)(H,21,22). The zero-order valence-electron chi connectivity index (χ0n) is 12.5. The van der Waals surface area contributed by atoms with Gasteiger partial charge in [0.25, 0.3) is 5.91 Å². The number of nitrogens with one attached hydrogen (secondary N) is 2. The van der Waals surface area contributed by atoms with Gasteiger partial charge in [-0.3, -0.25) is 10.1 Å². The van der Waals surface area contributed by atoms with Gasteiger partial charge >= 0.3 is 0 Å². The van der Waals surface area contributed by atoms with Crippen LogP contribution in [-0.4, -0.2) is 17.3 Å². The summed E-state index contributed by atoms with van der Waals surface area (Å²) in [5.41, 5.74) is 1.38. The molecular formula is C16H11ClN4O2S. The minimum absolute atomic E-state index is 0.318. The SMILES string of the molecule is CSC(=Nc1ccc2c(c1)C(=O)Nc1cc(Cl)ccc1O2)NC#N. The number of aliphatic imine (C=N–C) groups is 1. The van der Waals surface area contributed by atoms with E-state index >= 15 is 0 Å². The van der Waals surface area contributed by atoms with Crippen LogP contribution in [0.25, 0.3) is 0 Å². The molecule has 0 atom stereocenters. The molecule has 2 N–H and O–H groups in total. The first-order chi connectivity index (χ1) is 11.6. The minimum atomic E-state index is -0.318. The number of nitriles is 1. The molecule has 0 unspecified atom stereocenters. The van der Waals surface area contributed by atoms with Crippen LogP contribution in [0.4, 0.5) is 11.4 Å². The summed E-state index contributed by atoms with van der Waals surface area (Å²) in [6.45, 7) is 0. The van der Waals surface area contributed by atoms with Crippen molar-refractivity contribution in [2.75, 3.05) is 11.6 Å². The van der Waals surface area contributed by atoms with E-state index in [1.807, 2.05) is 6.19 Å². The Labute approximate surface area is 147 Å². The molecule has 1 aliphatic rings. The summed E-state index contributed by atoms with van der Waals surface area (Å²) in [5.74, 6) is 0.618. The van der Waals surface area contributed by atoms with Crippen molar-refractivity contribution in [1.82, 2.24) is 5.32 Å². The van der Waals surface area contributed by atoms with E-state index in [0.29, 0.717) is 38.6 Å². The van der Waals surface area contributed by atoms with Crippen molar-refractivity contribution < 1.29 is 9.53 Å². The molecule has 6 nitrogen and oxygen atoms in total. The van der Waals surface area contributed by atoms with Gasteiger partial charge in [0.2, 0.25) is 0 Å². The zero-order valence-corrected chi connectivity index (χ0v) is 14.0. The van der Waals surface area contributed by atoms with Gasteiger partial charge in [0, 0.05) is 5.02 Å². The van der Waals surface area contributed by atoms with Crippen molar-refractivity contribution in [2.24, 2.45) is 4.99 Å². The van der Waals surface area contributed by atoms with Crippen LogP contribution in [0.1, 0.15) is 10.4 Å². The number of hydrogen-bond donors (Lipinski definition) is 2. The molecule has 0 spiro atoms. The summed E-state index contributed by atoms with van der Waals surface area (Å²) >= 11 is 7.25. The van der Waals surface area contributed by atoms with Gasteiger partial charge in [-0.05, 0) is 42.7 Å². The maximum atomic E-state index is 12.5. The zero-order chi connectivity index (χ0) is 17.1. The molecule has 0 fully saturated rings. The van der Waals surface area contributed by atoms with Crippen LogP contribution < -0.4 is 15.4 Å². The topological polar surface area (TPSA) is 86.5 Å². The number of amides is 1. The number of thioether (sulfide) groups is 1. The third-order valence-electron chi connectivity index (χ3n) is 3.20. The lowest BCUT2D eigenvalue weighted by atomic mass is 10.1. The van der Waals surface area contributed by atoms with Gasteiger partial charge in [0.15, 0.2) is 17.1 Å². The Morgan fingerprint density at radius 2 is 2.12 bits per heavy atom. The second-order valence-electron chi connectivity index (χ2n) is 4.74. The monoisotopic (exact) mass is 358 g/mol. The largest absolute Gasteiger partial charge is 0.454 e. The number of benzene rings is 2.